The third kappa shape index (κ3) is 5.34. The fourth-order valence-corrected chi connectivity index (χ4v) is 3.21. The number of aliphatic imine (C=N–C) groups is 1. The fraction of sp³-hybridized carbons (Fsp3) is 0.476. The number of nitrogens with one attached hydrogen (secondary N) is 3. The first-order chi connectivity index (χ1) is 13.8. The monoisotopic (exact) mass is 381 g/mol. The molecular weight excluding hydrogens is 350 g/mol. The van der Waals surface area contributed by atoms with E-state index < -0.39 is 0 Å². The molecule has 3 N–H and O–H groups in total. The minimum absolute atomic E-state index is 0.788. The van der Waals surface area contributed by atoms with E-state index in [1.54, 1.807) is 6.33 Å². The molecule has 7 heteroatoms. The van der Waals surface area contributed by atoms with E-state index in [1.165, 1.54) is 16.5 Å². The van der Waals surface area contributed by atoms with Gasteiger partial charge in [-0.3, -0.25) is 4.99 Å². The van der Waals surface area contributed by atoms with Crippen LogP contribution in [-0.2, 0) is 19.4 Å². The summed E-state index contributed by atoms with van der Waals surface area (Å²) in [5, 5.41) is 16.3. The molecule has 3 aromatic rings. The Hall–Kier alpha value is -2.83. The molecule has 3 rings (SSSR count). The molecule has 2 heterocycles. The van der Waals surface area contributed by atoms with Gasteiger partial charge in [-0.05, 0) is 24.5 Å². The van der Waals surface area contributed by atoms with Crippen molar-refractivity contribution in [2.24, 2.45) is 4.99 Å². The topological polar surface area (TPSA) is 82.9 Å². The minimum atomic E-state index is 0.788. The van der Waals surface area contributed by atoms with Crippen molar-refractivity contribution in [3.63, 3.8) is 0 Å². The number of guanidine groups is 1. The summed E-state index contributed by atoms with van der Waals surface area (Å²) in [6.07, 6.45) is 7.97. The van der Waals surface area contributed by atoms with Gasteiger partial charge in [-0.2, -0.15) is 0 Å². The highest BCUT2D eigenvalue weighted by Gasteiger charge is 2.05. The number of aryl methyl sites for hydroxylation is 1. The van der Waals surface area contributed by atoms with Crippen LogP contribution in [0, 0.1) is 0 Å². The molecule has 0 saturated heterocycles. The Morgan fingerprint density at radius 3 is 2.89 bits per heavy atom. The number of hydrogen-bond acceptors (Lipinski definition) is 3. The van der Waals surface area contributed by atoms with Gasteiger partial charge in [0.25, 0.3) is 0 Å². The Morgan fingerprint density at radius 2 is 2.04 bits per heavy atom. The summed E-state index contributed by atoms with van der Waals surface area (Å²) < 4.78 is 2.09. The first-order valence-electron chi connectivity index (χ1n) is 10.3. The van der Waals surface area contributed by atoms with Gasteiger partial charge in [0.05, 0.1) is 0 Å². The van der Waals surface area contributed by atoms with Gasteiger partial charge >= 0.3 is 0 Å². The molecule has 0 fully saturated rings. The van der Waals surface area contributed by atoms with E-state index in [1.807, 2.05) is 0 Å². The molecule has 0 atom stereocenters. The molecular formula is C21H31N7. The van der Waals surface area contributed by atoms with E-state index in [2.05, 4.69) is 74.7 Å². The number of aromatic nitrogens is 4. The van der Waals surface area contributed by atoms with Crippen LogP contribution in [0.5, 0.6) is 0 Å². The number of aromatic amines is 1. The maximum absolute atomic E-state index is 4.70. The zero-order valence-corrected chi connectivity index (χ0v) is 16.9. The van der Waals surface area contributed by atoms with E-state index in [4.69, 9.17) is 4.99 Å². The van der Waals surface area contributed by atoms with Crippen LogP contribution in [0.1, 0.15) is 38.1 Å². The zero-order valence-electron chi connectivity index (χ0n) is 16.9. The van der Waals surface area contributed by atoms with Crippen LogP contribution in [0.2, 0.25) is 0 Å². The van der Waals surface area contributed by atoms with Crippen LogP contribution in [0.4, 0.5) is 0 Å². The standard InChI is InChI=1S/C21H31N7/c1-3-5-11-22-21(24-13-14-28-16-26-27-20(28)4-2)23-12-10-17-15-25-19-9-7-6-8-18(17)19/h6-9,15-16,25H,3-5,10-14H2,1-2H3,(H2,22,23,24). The second kappa shape index (κ2) is 10.5. The van der Waals surface area contributed by atoms with Crippen LogP contribution >= 0.6 is 0 Å². The van der Waals surface area contributed by atoms with E-state index in [9.17, 15) is 0 Å². The third-order valence-corrected chi connectivity index (χ3v) is 4.80. The molecule has 0 radical (unpaired) electrons. The maximum Gasteiger partial charge on any atom is 0.191 e. The lowest BCUT2D eigenvalue weighted by atomic mass is 10.1. The summed E-state index contributed by atoms with van der Waals surface area (Å²) >= 11 is 0. The average Bonchev–Trinajstić information content (AvgIpc) is 3.34. The molecule has 7 nitrogen and oxygen atoms in total. The van der Waals surface area contributed by atoms with Crippen molar-refractivity contribution < 1.29 is 0 Å². The Morgan fingerprint density at radius 1 is 1.18 bits per heavy atom. The summed E-state index contributed by atoms with van der Waals surface area (Å²) in [6.45, 7) is 7.57. The fourth-order valence-electron chi connectivity index (χ4n) is 3.21. The van der Waals surface area contributed by atoms with Crippen molar-refractivity contribution in [2.75, 3.05) is 19.6 Å². The Kier molecular flexibility index (Phi) is 7.46. The van der Waals surface area contributed by atoms with Gasteiger partial charge in [0.15, 0.2) is 5.96 Å². The van der Waals surface area contributed by atoms with Crippen LogP contribution < -0.4 is 10.6 Å². The summed E-state index contributed by atoms with van der Waals surface area (Å²) in [5.74, 6) is 1.89. The molecule has 1 aromatic carbocycles. The quantitative estimate of drug-likeness (QED) is 0.286. The predicted molar refractivity (Wildman–Crippen MR) is 115 cm³/mol. The number of fused-ring (bicyclic) bond motifs is 1. The average molecular weight is 382 g/mol. The van der Waals surface area contributed by atoms with Crippen molar-refractivity contribution in [1.29, 1.82) is 0 Å². The van der Waals surface area contributed by atoms with Gasteiger partial charge in [0.1, 0.15) is 12.2 Å². The first-order valence-corrected chi connectivity index (χ1v) is 10.3. The van der Waals surface area contributed by atoms with Gasteiger partial charge in [-0.1, -0.05) is 38.5 Å². The number of rotatable bonds is 10. The van der Waals surface area contributed by atoms with Crippen LogP contribution in [-0.4, -0.2) is 45.3 Å². The summed E-state index contributed by atoms with van der Waals surface area (Å²) in [5.41, 5.74) is 2.52. The number of para-hydroxylation sites is 1. The zero-order chi connectivity index (χ0) is 19.6. The number of benzene rings is 1. The first kappa shape index (κ1) is 19.9. The highest BCUT2D eigenvalue weighted by atomic mass is 15.3. The normalized spacial score (nSPS) is 11.9. The highest BCUT2D eigenvalue weighted by Crippen LogP contribution is 2.17. The SMILES string of the molecule is CCCCN=C(NCCc1c[nH]c2ccccc12)NCCn1cnnc1CC. The minimum Gasteiger partial charge on any atom is -0.361 e. The van der Waals surface area contributed by atoms with E-state index in [0.717, 1.165) is 63.6 Å². The van der Waals surface area contributed by atoms with Gasteiger partial charge in [-0.25, -0.2) is 0 Å². The molecule has 0 aliphatic rings. The second-order valence-electron chi connectivity index (χ2n) is 6.84. The molecule has 0 aliphatic heterocycles. The van der Waals surface area contributed by atoms with Crippen LogP contribution in [0.15, 0.2) is 41.8 Å². The van der Waals surface area contributed by atoms with Crippen LogP contribution in [0.3, 0.4) is 0 Å². The lowest BCUT2D eigenvalue weighted by Crippen LogP contribution is -2.40. The molecule has 0 aliphatic carbocycles. The molecule has 0 amide bonds. The summed E-state index contributed by atoms with van der Waals surface area (Å²) in [4.78, 5) is 8.04. The Labute approximate surface area is 166 Å². The van der Waals surface area contributed by atoms with Gasteiger partial charge in [-0.15, -0.1) is 10.2 Å². The Balaban J connectivity index is 1.51. The van der Waals surface area contributed by atoms with E-state index in [-0.39, 0.29) is 0 Å². The lowest BCUT2D eigenvalue weighted by Gasteiger charge is -2.13. The molecule has 28 heavy (non-hydrogen) atoms. The second-order valence-corrected chi connectivity index (χ2v) is 6.84. The van der Waals surface area contributed by atoms with Crippen molar-refractivity contribution in [1.82, 2.24) is 30.4 Å². The molecule has 2 aromatic heterocycles. The molecule has 0 bridgehead atoms. The van der Waals surface area contributed by atoms with Crippen molar-refractivity contribution in [2.45, 2.75) is 46.1 Å². The lowest BCUT2D eigenvalue weighted by molar-refractivity contribution is 0.630. The molecule has 0 saturated carbocycles. The Bertz CT molecular complexity index is 878. The highest BCUT2D eigenvalue weighted by molar-refractivity contribution is 5.83. The van der Waals surface area contributed by atoms with Crippen LogP contribution in [0.25, 0.3) is 10.9 Å². The van der Waals surface area contributed by atoms with Crippen molar-refractivity contribution in [3.05, 3.63) is 48.2 Å². The number of H-pyrrole nitrogens is 1. The smallest absolute Gasteiger partial charge is 0.191 e. The predicted octanol–water partition coefficient (Wildman–Crippen LogP) is 2.90. The van der Waals surface area contributed by atoms with E-state index in [0.29, 0.717) is 0 Å². The van der Waals surface area contributed by atoms with Crippen molar-refractivity contribution >= 4 is 16.9 Å². The van der Waals surface area contributed by atoms with Gasteiger partial charge in [0.2, 0.25) is 0 Å². The number of unbranched alkanes of at least 4 members (excludes halogenated alkanes) is 1. The van der Waals surface area contributed by atoms with Gasteiger partial charge in [0, 0.05) is 49.7 Å². The molecule has 0 unspecified atom stereocenters. The van der Waals surface area contributed by atoms with Crippen molar-refractivity contribution in [3.8, 4) is 0 Å². The number of hydrogen-bond donors (Lipinski definition) is 3. The van der Waals surface area contributed by atoms with E-state index >= 15 is 0 Å². The van der Waals surface area contributed by atoms with Gasteiger partial charge < -0.3 is 20.2 Å². The number of nitrogens with zero attached hydrogens (tertiary/aromatic N) is 4. The third-order valence-electron chi connectivity index (χ3n) is 4.80. The molecule has 150 valence electrons. The molecule has 0 spiro atoms. The summed E-state index contributed by atoms with van der Waals surface area (Å²) in [7, 11) is 0. The maximum atomic E-state index is 4.70. The largest absolute Gasteiger partial charge is 0.361 e. The summed E-state index contributed by atoms with van der Waals surface area (Å²) in [6, 6.07) is 8.42.